The van der Waals surface area contributed by atoms with E-state index in [1.54, 1.807) is 0 Å². The highest BCUT2D eigenvalue weighted by Crippen LogP contribution is 2.42. The molecule has 2 nitrogen and oxygen atoms in total. The lowest BCUT2D eigenvalue weighted by Crippen LogP contribution is -2.11. The van der Waals surface area contributed by atoms with E-state index in [1.165, 1.54) is 55.3 Å². The van der Waals surface area contributed by atoms with Crippen LogP contribution in [0.3, 0.4) is 0 Å². The lowest BCUT2D eigenvalue weighted by atomic mass is 9.88. The van der Waals surface area contributed by atoms with Gasteiger partial charge >= 0.3 is 0 Å². The Kier molecular flexibility index (Phi) is 9.54. The molecule has 13 rings (SSSR count). The second-order valence-electron chi connectivity index (χ2n) is 17.7. The van der Waals surface area contributed by atoms with E-state index < -0.39 is 0 Å². The van der Waals surface area contributed by atoms with Gasteiger partial charge in [-0.05, 0) is 112 Å². The Labute approximate surface area is 395 Å². The molecule has 0 radical (unpaired) electrons. The molecule has 1 heterocycles. The first-order valence-electron chi connectivity index (χ1n) is 23.3. The van der Waals surface area contributed by atoms with Gasteiger partial charge in [0.1, 0.15) is 0 Å². The van der Waals surface area contributed by atoms with Crippen LogP contribution in [-0.2, 0) is 0 Å². The summed E-state index contributed by atoms with van der Waals surface area (Å²) >= 11 is 0. The Morgan fingerprint density at radius 3 is 0.868 bits per heavy atom. The molecule has 0 atom stereocenters. The largest absolute Gasteiger partial charge is 0.247 e. The zero-order chi connectivity index (χ0) is 45.0. The molecule has 316 valence electrons. The van der Waals surface area contributed by atoms with Crippen LogP contribution in [0.1, 0.15) is 22.3 Å². The summed E-state index contributed by atoms with van der Waals surface area (Å²) < 4.78 is 0. The first-order valence-corrected chi connectivity index (χ1v) is 23.3. The van der Waals surface area contributed by atoms with E-state index in [9.17, 15) is 0 Å². The number of benzene rings is 12. The number of hydrogen-bond donors (Lipinski definition) is 0. The summed E-state index contributed by atoms with van der Waals surface area (Å²) in [4.78, 5) is 11.7. The second kappa shape index (κ2) is 16.5. The van der Waals surface area contributed by atoms with Gasteiger partial charge in [0.15, 0.2) is 0 Å². The standard InChI is InChI=1S/C66H42N2/c1-3-15-43(16-4-1)45-31-35-47(36-32-45)53-23-11-27-57-55(53)25-13-29-59(57)65-61-39-49-19-7-9-21-51(49)41-63(61)68-66(62-40-50-20-8-10-22-52(50)42-64(62)67-65)60-30-14-26-56-54(24-12-28-58(56)60)48-37-33-46(34-38-48)44-17-5-2-6-18-44/h1-42H/b65-61?,66-62?,67-64?,67-65-,68-63?,68-66-. The molecule has 2 heteroatoms. The van der Waals surface area contributed by atoms with Crippen LogP contribution in [0.4, 0.5) is 11.4 Å². The molecular weight excluding hydrogens is 821 g/mol. The molecule has 1 aliphatic heterocycles. The monoisotopic (exact) mass is 862 g/mol. The van der Waals surface area contributed by atoms with Crippen LogP contribution in [0, 0.1) is 0 Å². The SMILES string of the molecule is c1ccc(-c2ccc(-c3cccc4c(/C5=N/c6cc7ccccc7cc6/C(c6cccc7c(-c8ccc(-c9ccccc9)cc8)cccc67)=N\c6cc7ccccc7cc65)cccc34)cc2)cc1. The fourth-order valence-electron chi connectivity index (χ4n) is 10.3. The molecule has 0 aromatic heterocycles. The number of hydrogen-bond acceptors (Lipinski definition) is 2. The van der Waals surface area contributed by atoms with E-state index in [-0.39, 0.29) is 0 Å². The molecule has 0 N–H and O–H groups in total. The summed E-state index contributed by atoms with van der Waals surface area (Å²) in [5, 5.41) is 9.17. The van der Waals surface area contributed by atoms with Gasteiger partial charge in [-0.2, -0.15) is 0 Å². The highest BCUT2D eigenvalue weighted by molar-refractivity contribution is 6.29. The third-order valence-electron chi connectivity index (χ3n) is 13.7. The van der Waals surface area contributed by atoms with Gasteiger partial charge in [-0.25, -0.2) is 9.98 Å². The molecule has 12 aromatic rings. The Morgan fingerprint density at radius 2 is 0.485 bits per heavy atom. The highest BCUT2D eigenvalue weighted by Gasteiger charge is 2.24. The molecule has 0 fully saturated rings. The third kappa shape index (κ3) is 6.90. The molecule has 0 saturated carbocycles. The van der Waals surface area contributed by atoms with Crippen molar-refractivity contribution in [3.63, 3.8) is 0 Å². The van der Waals surface area contributed by atoms with E-state index >= 15 is 0 Å². The number of fused-ring (bicyclic) bond motifs is 6. The number of rotatable bonds is 6. The smallest absolute Gasteiger partial charge is 0.0809 e. The molecule has 0 bridgehead atoms. The van der Waals surface area contributed by atoms with Gasteiger partial charge in [0, 0.05) is 22.3 Å². The molecule has 0 spiro atoms. The van der Waals surface area contributed by atoms with Gasteiger partial charge in [-0.1, -0.05) is 231 Å². The predicted molar refractivity (Wildman–Crippen MR) is 288 cm³/mol. The molecule has 0 aliphatic carbocycles. The fourth-order valence-corrected chi connectivity index (χ4v) is 10.3. The summed E-state index contributed by atoms with van der Waals surface area (Å²) in [5.74, 6) is 0. The van der Waals surface area contributed by atoms with Crippen molar-refractivity contribution in [2.24, 2.45) is 9.98 Å². The topological polar surface area (TPSA) is 24.7 Å². The maximum atomic E-state index is 5.86. The summed E-state index contributed by atoms with van der Waals surface area (Å²) in [6.45, 7) is 0. The van der Waals surface area contributed by atoms with Crippen molar-refractivity contribution >= 4 is 65.9 Å². The highest BCUT2D eigenvalue weighted by atomic mass is 14.8. The zero-order valence-electron chi connectivity index (χ0n) is 37.1. The lowest BCUT2D eigenvalue weighted by molar-refractivity contribution is 1.42. The van der Waals surface area contributed by atoms with Crippen LogP contribution in [0.15, 0.2) is 265 Å². The number of aliphatic imine (C=N–C) groups is 2. The molecule has 68 heavy (non-hydrogen) atoms. The first kappa shape index (κ1) is 39.4. The molecule has 0 saturated heterocycles. The second-order valence-corrected chi connectivity index (χ2v) is 17.7. The molecule has 1 aliphatic rings. The van der Waals surface area contributed by atoms with Crippen molar-refractivity contribution in [3.8, 4) is 44.5 Å². The molecule has 0 unspecified atom stereocenters. The maximum absolute atomic E-state index is 5.86. The van der Waals surface area contributed by atoms with Crippen molar-refractivity contribution in [1.29, 1.82) is 0 Å². The minimum Gasteiger partial charge on any atom is -0.247 e. The Bertz CT molecular complexity index is 3710. The number of nitrogens with zero attached hydrogens (tertiary/aromatic N) is 2. The van der Waals surface area contributed by atoms with Crippen LogP contribution >= 0.6 is 0 Å². The van der Waals surface area contributed by atoms with E-state index in [2.05, 4.69) is 255 Å². The van der Waals surface area contributed by atoms with Crippen LogP contribution in [-0.4, -0.2) is 11.4 Å². The van der Waals surface area contributed by atoms with E-state index in [0.29, 0.717) is 0 Å². The van der Waals surface area contributed by atoms with Crippen molar-refractivity contribution in [2.45, 2.75) is 0 Å². The van der Waals surface area contributed by atoms with Gasteiger partial charge in [0.05, 0.1) is 22.8 Å². The van der Waals surface area contributed by atoms with Crippen LogP contribution in [0.5, 0.6) is 0 Å². The molecule has 0 amide bonds. The van der Waals surface area contributed by atoms with Gasteiger partial charge in [0.25, 0.3) is 0 Å². The minimum absolute atomic E-state index is 0.880. The fraction of sp³-hybridized carbons (Fsp3) is 0. The average molecular weight is 863 g/mol. The van der Waals surface area contributed by atoms with Crippen molar-refractivity contribution < 1.29 is 0 Å². The van der Waals surface area contributed by atoms with Crippen LogP contribution < -0.4 is 0 Å². The minimum atomic E-state index is 0.880. The Balaban J connectivity index is 1.02. The van der Waals surface area contributed by atoms with Gasteiger partial charge < -0.3 is 0 Å². The van der Waals surface area contributed by atoms with E-state index in [0.717, 1.165) is 77.4 Å². The van der Waals surface area contributed by atoms with Crippen molar-refractivity contribution in [3.05, 3.63) is 277 Å². The lowest BCUT2D eigenvalue weighted by Gasteiger charge is -2.21. The summed E-state index contributed by atoms with van der Waals surface area (Å²) in [7, 11) is 0. The van der Waals surface area contributed by atoms with Crippen molar-refractivity contribution in [1.82, 2.24) is 0 Å². The third-order valence-corrected chi connectivity index (χ3v) is 13.7. The normalized spacial score (nSPS) is 13.8. The predicted octanol–water partition coefficient (Wildman–Crippen LogP) is 17.6. The molecule has 12 aromatic carbocycles. The van der Waals surface area contributed by atoms with Gasteiger partial charge in [-0.15, -0.1) is 0 Å². The van der Waals surface area contributed by atoms with Crippen LogP contribution in [0.25, 0.3) is 87.6 Å². The average Bonchev–Trinajstić information content (AvgIpc) is 3.41. The zero-order valence-corrected chi connectivity index (χ0v) is 37.1. The quantitative estimate of drug-likeness (QED) is 0.159. The van der Waals surface area contributed by atoms with Gasteiger partial charge in [0.2, 0.25) is 0 Å². The van der Waals surface area contributed by atoms with E-state index in [1.807, 2.05) is 0 Å². The summed E-state index contributed by atoms with van der Waals surface area (Å²) in [6.07, 6.45) is 0. The Hall–Kier alpha value is -8.98. The van der Waals surface area contributed by atoms with Crippen molar-refractivity contribution in [2.75, 3.05) is 0 Å². The maximum Gasteiger partial charge on any atom is 0.0809 e. The summed E-state index contributed by atoms with van der Waals surface area (Å²) in [6, 6.07) is 91.9. The van der Waals surface area contributed by atoms with Crippen LogP contribution in [0.2, 0.25) is 0 Å². The van der Waals surface area contributed by atoms with E-state index in [4.69, 9.17) is 9.98 Å². The summed E-state index contributed by atoms with van der Waals surface area (Å²) in [5.41, 5.74) is 17.2. The first-order chi connectivity index (χ1) is 33.7. The molecular formula is C66H42N2. The van der Waals surface area contributed by atoms with Gasteiger partial charge in [-0.3, -0.25) is 0 Å². The Morgan fingerprint density at radius 1 is 0.191 bits per heavy atom.